The van der Waals surface area contributed by atoms with E-state index in [1.54, 1.807) is 31.4 Å². The van der Waals surface area contributed by atoms with Gasteiger partial charge in [0.15, 0.2) is 0 Å². The first-order valence-electron chi connectivity index (χ1n) is 8.28. The van der Waals surface area contributed by atoms with E-state index in [0.29, 0.717) is 5.75 Å². The van der Waals surface area contributed by atoms with Crippen LogP contribution >= 0.6 is 0 Å². The molecule has 1 fully saturated rings. The Hall–Kier alpha value is -1.60. The van der Waals surface area contributed by atoms with Crippen LogP contribution in [0.2, 0.25) is 0 Å². The first kappa shape index (κ1) is 18.7. The normalized spacial score (nSPS) is 17.2. The summed E-state index contributed by atoms with van der Waals surface area (Å²) in [6.45, 7) is 0. The molecule has 1 aromatic carbocycles. The van der Waals surface area contributed by atoms with Crippen molar-refractivity contribution in [3.05, 3.63) is 29.8 Å². The molecular weight excluding hydrogens is 328 g/mol. The Morgan fingerprint density at radius 2 is 1.83 bits per heavy atom. The van der Waals surface area contributed by atoms with Crippen LogP contribution in [0.25, 0.3) is 0 Å². The summed E-state index contributed by atoms with van der Waals surface area (Å²) in [5.41, 5.74) is 0.736. The van der Waals surface area contributed by atoms with Crippen LogP contribution in [0, 0.1) is 0 Å². The molecule has 0 spiro atoms. The predicted octanol–water partition coefficient (Wildman–Crippen LogP) is 2.12. The van der Waals surface area contributed by atoms with Gasteiger partial charge in [-0.1, -0.05) is 31.4 Å². The van der Waals surface area contributed by atoms with E-state index in [2.05, 4.69) is 10.0 Å². The van der Waals surface area contributed by atoms with Gasteiger partial charge in [-0.2, -0.15) is 0 Å². The fraction of sp³-hybridized carbons (Fsp3) is 0.588. The van der Waals surface area contributed by atoms with Gasteiger partial charge in [0.1, 0.15) is 5.75 Å². The van der Waals surface area contributed by atoms with Crippen LogP contribution in [0.5, 0.6) is 5.75 Å². The van der Waals surface area contributed by atoms with E-state index in [4.69, 9.17) is 4.74 Å². The molecule has 134 valence electrons. The van der Waals surface area contributed by atoms with Crippen LogP contribution in [0.1, 0.15) is 50.1 Å². The molecule has 0 unspecified atom stereocenters. The van der Waals surface area contributed by atoms with E-state index < -0.39 is 16.1 Å². The van der Waals surface area contributed by atoms with E-state index in [0.717, 1.165) is 37.5 Å². The van der Waals surface area contributed by atoms with Crippen molar-refractivity contribution in [3.8, 4) is 5.75 Å². The molecule has 0 aromatic heterocycles. The number of methoxy groups -OCH3 is 1. The first-order chi connectivity index (χ1) is 11.4. The Kier molecular flexibility index (Phi) is 6.62. The quantitative estimate of drug-likeness (QED) is 0.785. The van der Waals surface area contributed by atoms with Crippen molar-refractivity contribution in [2.24, 2.45) is 0 Å². The number of carbonyl (C=O) groups is 1. The second-order valence-electron chi connectivity index (χ2n) is 6.32. The molecule has 1 aromatic rings. The molecule has 0 radical (unpaired) electrons. The number of amides is 1. The Balaban J connectivity index is 2.05. The standard InChI is InChI=1S/C17H26N2O4S/c1-23-15-10-8-13(9-11-15)16(19-24(2,21)22)12-17(20)18-14-6-4-3-5-7-14/h8-11,14,16,19H,3-7,12H2,1-2H3,(H,18,20)/t16-/m1/s1. The van der Waals surface area contributed by atoms with Gasteiger partial charge in [0.25, 0.3) is 0 Å². The van der Waals surface area contributed by atoms with Gasteiger partial charge in [0.2, 0.25) is 15.9 Å². The van der Waals surface area contributed by atoms with E-state index in [1.807, 2.05) is 0 Å². The smallest absolute Gasteiger partial charge is 0.222 e. The summed E-state index contributed by atoms with van der Waals surface area (Å²) in [6.07, 6.45) is 6.66. The SMILES string of the molecule is COc1ccc([C@@H](CC(=O)NC2CCCCC2)NS(C)(=O)=O)cc1. The van der Waals surface area contributed by atoms with Crippen molar-refractivity contribution in [2.75, 3.05) is 13.4 Å². The summed E-state index contributed by atoms with van der Waals surface area (Å²) in [6, 6.07) is 6.68. The lowest BCUT2D eigenvalue weighted by Crippen LogP contribution is -2.39. The largest absolute Gasteiger partial charge is 0.497 e. The molecular formula is C17H26N2O4S. The highest BCUT2D eigenvalue weighted by atomic mass is 32.2. The fourth-order valence-electron chi connectivity index (χ4n) is 3.04. The summed E-state index contributed by atoms with van der Waals surface area (Å²) in [7, 11) is -1.86. The van der Waals surface area contributed by atoms with E-state index >= 15 is 0 Å². The number of benzene rings is 1. The minimum atomic E-state index is -3.43. The van der Waals surface area contributed by atoms with Crippen molar-refractivity contribution in [3.63, 3.8) is 0 Å². The Morgan fingerprint density at radius 1 is 1.21 bits per heavy atom. The molecule has 24 heavy (non-hydrogen) atoms. The van der Waals surface area contributed by atoms with Crippen LogP contribution in [0.4, 0.5) is 0 Å². The highest BCUT2D eigenvalue weighted by Gasteiger charge is 2.22. The maximum Gasteiger partial charge on any atom is 0.222 e. The molecule has 2 rings (SSSR count). The van der Waals surface area contributed by atoms with Gasteiger partial charge in [0, 0.05) is 12.5 Å². The zero-order chi connectivity index (χ0) is 17.6. The van der Waals surface area contributed by atoms with E-state index in [9.17, 15) is 13.2 Å². The summed E-state index contributed by atoms with van der Waals surface area (Å²) in [5, 5.41) is 3.03. The number of hydrogen-bond acceptors (Lipinski definition) is 4. The van der Waals surface area contributed by atoms with Crippen molar-refractivity contribution in [1.82, 2.24) is 10.0 Å². The molecule has 7 heteroatoms. The second-order valence-corrected chi connectivity index (χ2v) is 8.10. The molecule has 1 atom stereocenters. The number of ether oxygens (including phenoxy) is 1. The molecule has 2 N–H and O–H groups in total. The molecule has 1 saturated carbocycles. The number of sulfonamides is 1. The highest BCUT2D eigenvalue weighted by molar-refractivity contribution is 7.88. The molecule has 0 saturated heterocycles. The molecule has 1 aliphatic carbocycles. The van der Waals surface area contributed by atoms with Crippen LogP contribution < -0.4 is 14.8 Å². The molecule has 0 aliphatic heterocycles. The van der Waals surface area contributed by atoms with Gasteiger partial charge in [-0.05, 0) is 30.5 Å². The average Bonchev–Trinajstić information content (AvgIpc) is 2.54. The van der Waals surface area contributed by atoms with Gasteiger partial charge >= 0.3 is 0 Å². The van der Waals surface area contributed by atoms with E-state index in [-0.39, 0.29) is 18.4 Å². The Morgan fingerprint density at radius 3 is 2.38 bits per heavy atom. The van der Waals surface area contributed by atoms with Gasteiger partial charge < -0.3 is 10.1 Å². The third kappa shape index (κ3) is 6.13. The third-order valence-corrected chi connectivity index (χ3v) is 4.95. The zero-order valence-electron chi connectivity index (χ0n) is 14.2. The first-order valence-corrected chi connectivity index (χ1v) is 10.2. The minimum absolute atomic E-state index is 0.0793. The van der Waals surface area contributed by atoms with Gasteiger partial charge in [0.05, 0.1) is 19.4 Å². The number of carbonyl (C=O) groups excluding carboxylic acids is 1. The van der Waals surface area contributed by atoms with Crippen molar-refractivity contribution < 1.29 is 17.9 Å². The maximum absolute atomic E-state index is 12.3. The van der Waals surface area contributed by atoms with Crippen molar-refractivity contribution in [1.29, 1.82) is 0 Å². The lowest BCUT2D eigenvalue weighted by molar-refractivity contribution is -0.122. The zero-order valence-corrected chi connectivity index (χ0v) is 15.1. The van der Waals surface area contributed by atoms with Gasteiger partial charge in [-0.25, -0.2) is 13.1 Å². The predicted molar refractivity (Wildman–Crippen MR) is 93.3 cm³/mol. The number of nitrogens with one attached hydrogen (secondary N) is 2. The molecule has 6 nitrogen and oxygen atoms in total. The fourth-order valence-corrected chi connectivity index (χ4v) is 3.78. The van der Waals surface area contributed by atoms with Gasteiger partial charge in [-0.15, -0.1) is 0 Å². The Labute approximate surface area is 144 Å². The molecule has 1 amide bonds. The van der Waals surface area contributed by atoms with E-state index in [1.165, 1.54) is 6.42 Å². The van der Waals surface area contributed by atoms with Gasteiger partial charge in [-0.3, -0.25) is 4.79 Å². The number of rotatable bonds is 7. The monoisotopic (exact) mass is 354 g/mol. The minimum Gasteiger partial charge on any atom is -0.497 e. The summed E-state index contributed by atoms with van der Waals surface area (Å²) in [5.74, 6) is 0.558. The molecule has 0 heterocycles. The molecule has 1 aliphatic rings. The average molecular weight is 354 g/mol. The summed E-state index contributed by atoms with van der Waals surface area (Å²) >= 11 is 0. The summed E-state index contributed by atoms with van der Waals surface area (Å²) in [4.78, 5) is 12.3. The topological polar surface area (TPSA) is 84.5 Å². The van der Waals surface area contributed by atoms with Crippen LogP contribution in [0.3, 0.4) is 0 Å². The number of hydrogen-bond donors (Lipinski definition) is 2. The second kappa shape index (κ2) is 8.48. The lowest BCUT2D eigenvalue weighted by Gasteiger charge is -2.24. The maximum atomic E-state index is 12.3. The van der Waals surface area contributed by atoms with Crippen molar-refractivity contribution >= 4 is 15.9 Å². The van der Waals surface area contributed by atoms with Crippen LogP contribution in [0.15, 0.2) is 24.3 Å². The third-order valence-electron chi connectivity index (χ3n) is 4.23. The Bertz CT molecular complexity index is 637. The van der Waals surface area contributed by atoms with Crippen molar-refractivity contribution in [2.45, 2.75) is 50.6 Å². The summed E-state index contributed by atoms with van der Waals surface area (Å²) < 4.78 is 30.9. The molecule has 0 bridgehead atoms. The highest BCUT2D eigenvalue weighted by Crippen LogP contribution is 2.22. The van der Waals surface area contributed by atoms with Crippen LogP contribution in [-0.4, -0.2) is 33.7 Å². The van der Waals surface area contributed by atoms with Crippen LogP contribution in [-0.2, 0) is 14.8 Å². The lowest BCUT2D eigenvalue weighted by atomic mass is 9.95.